The topological polar surface area (TPSA) is 38.7 Å². The summed E-state index contributed by atoms with van der Waals surface area (Å²) in [6, 6.07) is 0. The zero-order chi connectivity index (χ0) is 9.54. The van der Waals surface area contributed by atoms with Crippen molar-refractivity contribution in [3.63, 3.8) is 0 Å². The van der Waals surface area contributed by atoms with Crippen LogP contribution in [0.5, 0.6) is 0 Å². The molecule has 0 N–H and O–H groups in total. The fourth-order valence-electron chi connectivity index (χ4n) is 1.49. The summed E-state index contributed by atoms with van der Waals surface area (Å²) in [5.74, 6) is 0.677. The molecule has 0 amide bonds. The van der Waals surface area contributed by atoms with Gasteiger partial charge in [0.2, 0.25) is 0 Å². The molecule has 2 heterocycles. The summed E-state index contributed by atoms with van der Waals surface area (Å²) in [6.07, 6.45) is 6.24. The summed E-state index contributed by atoms with van der Waals surface area (Å²) in [5.41, 5.74) is 2.09. The molecule has 0 atom stereocenters. The number of rotatable bonds is 2. The molecule has 0 saturated heterocycles. The molecule has 1 aliphatic carbocycles. The van der Waals surface area contributed by atoms with Gasteiger partial charge in [0, 0.05) is 5.92 Å². The van der Waals surface area contributed by atoms with Gasteiger partial charge in [0.25, 0.3) is 0 Å². The van der Waals surface area contributed by atoms with Crippen LogP contribution in [-0.2, 0) is 0 Å². The van der Waals surface area contributed by atoms with E-state index in [1.54, 1.807) is 29.4 Å². The highest BCUT2D eigenvalue weighted by molar-refractivity contribution is 8.00. The normalized spacial score (nSPS) is 16.4. The van der Waals surface area contributed by atoms with Crippen LogP contribution in [0, 0.1) is 0 Å². The molecular weight excluding hydrogens is 214 g/mol. The van der Waals surface area contributed by atoms with Crippen LogP contribution in [0.25, 0.3) is 10.3 Å². The van der Waals surface area contributed by atoms with Gasteiger partial charge in [-0.1, -0.05) is 11.8 Å². The molecule has 72 valence electrons. The quantitative estimate of drug-likeness (QED) is 0.734. The van der Waals surface area contributed by atoms with E-state index in [1.165, 1.54) is 23.2 Å². The van der Waals surface area contributed by atoms with Crippen LogP contribution in [0.2, 0.25) is 0 Å². The van der Waals surface area contributed by atoms with Gasteiger partial charge in [-0.3, -0.25) is 0 Å². The maximum Gasteiger partial charge on any atom is 0.175 e. The number of hydrogen-bond acceptors (Lipinski definition) is 5. The zero-order valence-electron chi connectivity index (χ0n) is 7.73. The summed E-state index contributed by atoms with van der Waals surface area (Å²) in [4.78, 5) is 13.0. The first-order chi connectivity index (χ1) is 6.88. The molecule has 3 nitrogen and oxygen atoms in total. The minimum Gasteiger partial charge on any atom is -0.239 e. The first kappa shape index (κ1) is 8.61. The van der Waals surface area contributed by atoms with Crippen LogP contribution in [0.3, 0.4) is 0 Å². The van der Waals surface area contributed by atoms with Crippen molar-refractivity contribution in [2.75, 3.05) is 6.26 Å². The smallest absolute Gasteiger partial charge is 0.175 e. The molecule has 3 rings (SSSR count). The summed E-state index contributed by atoms with van der Waals surface area (Å²) < 4.78 is 2.28. The Hall–Kier alpha value is -0.680. The lowest BCUT2D eigenvalue weighted by molar-refractivity contribution is 1.02. The third-order valence-corrected chi connectivity index (χ3v) is 4.39. The van der Waals surface area contributed by atoms with Gasteiger partial charge < -0.3 is 0 Å². The van der Waals surface area contributed by atoms with Crippen molar-refractivity contribution in [3.05, 3.63) is 12.0 Å². The van der Waals surface area contributed by atoms with Crippen LogP contribution in [0.15, 0.2) is 10.7 Å². The van der Waals surface area contributed by atoms with Crippen molar-refractivity contribution < 1.29 is 0 Å². The summed E-state index contributed by atoms with van der Waals surface area (Å²) in [7, 11) is 0. The molecule has 0 spiro atoms. The van der Waals surface area contributed by atoms with Gasteiger partial charge in [-0.25, -0.2) is 15.0 Å². The highest BCUT2D eigenvalue weighted by atomic mass is 32.2. The second-order valence-corrected chi connectivity index (χ2v) is 5.42. The SMILES string of the molecule is CSc1nc2ncnc(C3CC3)c2s1. The Morgan fingerprint density at radius 2 is 2.29 bits per heavy atom. The van der Waals surface area contributed by atoms with Crippen LogP contribution in [-0.4, -0.2) is 21.2 Å². The minimum absolute atomic E-state index is 0.677. The predicted molar refractivity (Wildman–Crippen MR) is 59.0 cm³/mol. The van der Waals surface area contributed by atoms with E-state index in [2.05, 4.69) is 15.0 Å². The van der Waals surface area contributed by atoms with E-state index in [0.717, 1.165) is 9.99 Å². The Morgan fingerprint density at radius 1 is 1.43 bits per heavy atom. The average molecular weight is 223 g/mol. The maximum atomic E-state index is 4.43. The van der Waals surface area contributed by atoms with Crippen LogP contribution in [0.4, 0.5) is 0 Å². The molecule has 14 heavy (non-hydrogen) atoms. The van der Waals surface area contributed by atoms with Gasteiger partial charge in [0.15, 0.2) is 9.99 Å². The molecule has 2 aromatic heterocycles. The van der Waals surface area contributed by atoms with Gasteiger partial charge in [0.05, 0.1) is 10.4 Å². The molecule has 0 aliphatic heterocycles. The number of thioether (sulfide) groups is 1. The third-order valence-electron chi connectivity index (χ3n) is 2.34. The highest BCUT2D eigenvalue weighted by Gasteiger charge is 2.28. The van der Waals surface area contributed by atoms with Crippen LogP contribution in [0.1, 0.15) is 24.5 Å². The van der Waals surface area contributed by atoms with Gasteiger partial charge in [-0.05, 0) is 19.1 Å². The summed E-state index contributed by atoms with van der Waals surface area (Å²) >= 11 is 3.39. The van der Waals surface area contributed by atoms with Crippen molar-refractivity contribution >= 4 is 33.4 Å². The van der Waals surface area contributed by atoms with Gasteiger partial charge in [-0.2, -0.15) is 0 Å². The van der Waals surface area contributed by atoms with Crippen LogP contribution < -0.4 is 0 Å². The Bertz CT molecular complexity index is 476. The Kier molecular flexibility index (Phi) is 1.95. The Balaban J connectivity index is 2.23. The van der Waals surface area contributed by atoms with E-state index in [9.17, 15) is 0 Å². The molecule has 2 aromatic rings. The number of hydrogen-bond donors (Lipinski definition) is 0. The lowest BCUT2D eigenvalue weighted by atomic mass is 10.3. The monoisotopic (exact) mass is 223 g/mol. The lowest BCUT2D eigenvalue weighted by Gasteiger charge is -1.95. The zero-order valence-corrected chi connectivity index (χ0v) is 9.36. The van der Waals surface area contributed by atoms with Crippen molar-refractivity contribution in [2.24, 2.45) is 0 Å². The summed E-state index contributed by atoms with van der Waals surface area (Å²) in [5, 5.41) is 0. The Labute approximate surface area is 90.0 Å². The number of thiazole rings is 1. The van der Waals surface area contributed by atoms with E-state index >= 15 is 0 Å². The molecule has 0 unspecified atom stereocenters. The first-order valence-corrected chi connectivity index (χ1v) is 6.58. The standard InChI is InChI=1S/C9H9N3S2/c1-13-9-12-8-7(14-9)6(5-2-3-5)10-4-11-8/h4-5H,2-3H2,1H3. The highest BCUT2D eigenvalue weighted by Crippen LogP contribution is 2.43. The molecule has 1 aliphatic rings. The maximum absolute atomic E-state index is 4.43. The van der Waals surface area contributed by atoms with Gasteiger partial charge in [-0.15, -0.1) is 11.3 Å². The van der Waals surface area contributed by atoms with E-state index in [1.807, 2.05) is 6.26 Å². The van der Waals surface area contributed by atoms with E-state index in [4.69, 9.17) is 0 Å². The molecular formula is C9H9N3S2. The van der Waals surface area contributed by atoms with Gasteiger partial charge >= 0.3 is 0 Å². The van der Waals surface area contributed by atoms with E-state index in [0.29, 0.717) is 5.92 Å². The Morgan fingerprint density at radius 3 is 3.00 bits per heavy atom. The lowest BCUT2D eigenvalue weighted by Crippen LogP contribution is -1.88. The third kappa shape index (κ3) is 1.31. The number of fused-ring (bicyclic) bond motifs is 1. The molecule has 0 radical (unpaired) electrons. The van der Waals surface area contributed by atoms with E-state index < -0.39 is 0 Å². The van der Waals surface area contributed by atoms with Crippen molar-refractivity contribution in [1.82, 2.24) is 15.0 Å². The minimum atomic E-state index is 0.677. The largest absolute Gasteiger partial charge is 0.239 e. The number of nitrogens with zero attached hydrogens (tertiary/aromatic N) is 3. The van der Waals surface area contributed by atoms with Crippen molar-refractivity contribution in [2.45, 2.75) is 23.1 Å². The molecule has 5 heteroatoms. The van der Waals surface area contributed by atoms with Crippen molar-refractivity contribution in [1.29, 1.82) is 0 Å². The van der Waals surface area contributed by atoms with Crippen LogP contribution >= 0.6 is 23.1 Å². The second kappa shape index (κ2) is 3.17. The average Bonchev–Trinajstić information content (AvgIpc) is 2.96. The second-order valence-electron chi connectivity index (χ2n) is 3.37. The predicted octanol–water partition coefficient (Wildman–Crippen LogP) is 2.69. The van der Waals surface area contributed by atoms with Crippen molar-refractivity contribution in [3.8, 4) is 0 Å². The molecule has 1 saturated carbocycles. The fourth-order valence-corrected chi connectivity index (χ4v) is 3.07. The molecule has 1 fully saturated rings. The number of aromatic nitrogens is 3. The first-order valence-electron chi connectivity index (χ1n) is 4.54. The molecule has 0 bridgehead atoms. The fraction of sp³-hybridized carbons (Fsp3) is 0.444. The van der Waals surface area contributed by atoms with E-state index in [-0.39, 0.29) is 0 Å². The molecule has 0 aromatic carbocycles. The van der Waals surface area contributed by atoms with Gasteiger partial charge in [0.1, 0.15) is 6.33 Å². The summed E-state index contributed by atoms with van der Waals surface area (Å²) in [6.45, 7) is 0.